The highest BCUT2D eigenvalue weighted by atomic mass is 35.5. The number of hydrogen-bond acceptors (Lipinski definition) is 3. The van der Waals surface area contributed by atoms with Crippen LogP contribution in [0.25, 0.3) is 0 Å². The van der Waals surface area contributed by atoms with E-state index in [0.717, 1.165) is 24.1 Å². The Bertz CT molecular complexity index is 488. The van der Waals surface area contributed by atoms with Crippen molar-refractivity contribution in [3.05, 3.63) is 29.8 Å². The Labute approximate surface area is 130 Å². The van der Waals surface area contributed by atoms with Gasteiger partial charge in [0.1, 0.15) is 0 Å². The monoisotopic (exact) mass is 312 g/mol. The van der Waals surface area contributed by atoms with Crippen molar-refractivity contribution < 1.29 is 9.59 Å². The molecule has 0 radical (unpaired) electrons. The first-order valence-corrected chi connectivity index (χ1v) is 6.75. The van der Waals surface area contributed by atoms with Crippen LogP contribution in [-0.2, 0) is 4.79 Å². The second kappa shape index (κ2) is 7.85. The molecule has 1 saturated carbocycles. The third kappa shape index (κ3) is 5.61. The van der Waals surface area contributed by atoms with Gasteiger partial charge in [0, 0.05) is 11.7 Å². The minimum atomic E-state index is -0.191. The third-order valence-electron chi connectivity index (χ3n) is 3.14. The number of anilines is 1. The van der Waals surface area contributed by atoms with Crippen molar-refractivity contribution in [1.82, 2.24) is 10.6 Å². The Morgan fingerprint density at radius 1 is 1.29 bits per heavy atom. The fourth-order valence-electron chi connectivity index (χ4n) is 1.82. The maximum absolute atomic E-state index is 11.6. The molecule has 0 aliphatic heterocycles. The number of nitrogens with one attached hydrogen (secondary N) is 3. The molecule has 0 spiro atoms. The standard InChI is InChI=1S/C14H20N4O2.ClH/c1-9(16-13(19)8-15)10-2-4-11(5-3-10)17-14(20)18-12-6-7-12;/h2-5,9,12H,6-8,15H2,1H3,(H,16,19)(H2,17,18,20);1H. The van der Waals surface area contributed by atoms with Crippen molar-refractivity contribution in [3.8, 4) is 0 Å². The van der Waals surface area contributed by atoms with Crippen LogP contribution < -0.4 is 21.7 Å². The minimum Gasteiger partial charge on any atom is -0.348 e. The van der Waals surface area contributed by atoms with Crippen molar-refractivity contribution >= 4 is 30.0 Å². The summed E-state index contributed by atoms with van der Waals surface area (Å²) in [6.45, 7) is 1.86. The van der Waals surface area contributed by atoms with Gasteiger partial charge >= 0.3 is 6.03 Å². The highest BCUT2D eigenvalue weighted by Gasteiger charge is 2.23. The largest absolute Gasteiger partial charge is 0.348 e. The van der Waals surface area contributed by atoms with E-state index < -0.39 is 0 Å². The van der Waals surface area contributed by atoms with Gasteiger partial charge in [0.25, 0.3) is 0 Å². The normalized spacial score (nSPS) is 14.6. The van der Waals surface area contributed by atoms with Crippen LogP contribution in [0, 0.1) is 0 Å². The summed E-state index contributed by atoms with van der Waals surface area (Å²) in [6, 6.07) is 7.41. The molecule has 1 unspecified atom stereocenters. The van der Waals surface area contributed by atoms with Crippen LogP contribution in [0.15, 0.2) is 24.3 Å². The van der Waals surface area contributed by atoms with Crippen LogP contribution in [-0.4, -0.2) is 24.5 Å². The van der Waals surface area contributed by atoms with Crippen molar-refractivity contribution in [3.63, 3.8) is 0 Å². The van der Waals surface area contributed by atoms with Gasteiger partial charge in [-0.3, -0.25) is 4.79 Å². The first kappa shape index (κ1) is 17.3. The number of halogens is 1. The summed E-state index contributed by atoms with van der Waals surface area (Å²) < 4.78 is 0. The molecule has 0 saturated heterocycles. The zero-order valence-electron chi connectivity index (χ0n) is 11.9. The molecule has 0 bridgehead atoms. The lowest BCUT2D eigenvalue weighted by atomic mass is 10.1. The van der Waals surface area contributed by atoms with Crippen LogP contribution in [0.5, 0.6) is 0 Å². The molecule has 2 rings (SSSR count). The molecule has 116 valence electrons. The minimum absolute atomic E-state index is 0. The summed E-state index contributed by atoms with van der Waals surface area (Å²) in [6.07, 6.45) is 2.12. The Morgan fingerprint density at radius 2 is 1.90 bits per heavy atom. The molecule has 1 fully saturated rings. The number of hydrogen-bond donors (Lipinski definition) is 4. The fourth-order valence-corrected chi connectivity index (χ4v) is 1.82. The fraction of sp³-hybridized carbons (Fsp3) is 0.429. The van der Waals surface area contributed by atoms with Crippen molar-refractivity contribution in [2.45, 2.75) is 31.8 Å². The second-order valence-electron chi connectivity index (χ2n) is 4.99. The summed E-state index contributed by atoms with van der Waals surface area (Å²) >= 11 is 0. The Hall–Kier alpha value is -1.79. The van der Waals surface area contributed by atoms with E-state index in [0.29, 0.717) is 6.04 Å². The summed E-state index contributed by atoms with van der Waals surface area (Å²) in [5.74, 6) is -0.191. The second-order valence-corrected chi connectivity index (χ2v) is 4.99. The molecular weight excluding hydrogens is 292 g/mol. The quantitative estimate of drug-likeness (QED) is 0.664. The number of carbonyl (C=O) groups is 2. The summed E-state index contributed by atoms with van der Waals surface area (Å²) in [7, 11) is 0. The lowest BCUT2D eigenvalue weighted by Crippen LogP contribution is -2.32. The molecule has 21 heavy (non-hydrogen) atoms. The van der Waals surface area contributed by atoms with E-state index >= 15 is 0 Å². The molecule has 1 aliphatic carbocycles. The summed E-state index contributed by atoms with van der Waals surface area (Å²) in [4.78, 5) is 22.8. The average Bonchev–Trinajstić information content (AvgIpc) is 3.23. The first-order valence-electron chi connectivity index (χ1n) is 6.75. The van der Waals surface area contributed by atoms with Crippen LogP contribution in [0.2, 0.25) is 0 Å². The number of benzene rings is 1. The molecule has 1 aromatic rings. The van der Waals surface area contributed by atoms with Gasteiger partial charge in [-0.1, -0.05) is 12.1 Å². The van der Waals surface area contributed by atoms with Crippen molar-refractivity contribution in [2.75, 3.05) is 11.9 Å². The van der Waals surface area contributed by atoms with Gasteiger partial charge < -0.3 is 21.7 Å². The van der Waals surface area contributed by atoms with Crippen molar-refractivity contribution in [2.24, 2.45) is 5.73 Å². The molecule has 6 nitrogen and oxygen atoms in total. The zero-order chi connectivity index (χ0) is 14.5. The number of carbonyl (C=O) groups excluding carboxylic acids is 2. The molecule has 0 aromatic heterocycles. The van der Waals surface area contributed by atoms with E-state index in [1.165, 1.54) is 0 Å². The van der Waals surface area contributed by atoms with Crippen LogP contribution >= 0.6 is 12.4 Å². The highest BCUT2D eigenvalue weighted by Crippen LogP contribution is 2.19. The van der Waals surface area contributed by atoms with Gasteiger partial charge in [-0.2, -0.15) is 0 Å². The van der Waals surface area contributed by atoms with E-state index in [9.17, 15) is 9.59 Å². The van der Waals surface area contributed by atoms with Gasteiger partial charge in [0.2, 0.25) is 5.91 Å². The molecule has 7 heteroatoms. The average molecular weight is 313 g/mol. The molecule has 1 aromatic carbocycles. The maximum atomic E-state index is 11.6. The van der Waals surface area contributed by atoms with Gasteiger partial charge in [0.15, 0.2) is 0 Å². The summed E-state index contributed by atoms with van der Waals surface area (Å²) in [5, 5.41) is 8.40. The van der Waals surface area contributed by atoms with Crippen LogP contribution in [0.3, 0.4) is 0 Å². The lowest BCUT2D eigenvalue weighted by molar-refractivity contribution is -0.120. The smallest absolute Gasteiger partial charge is 0.319 e. The molecule has 3 amide bonds. The Kier molecular flexibility index (Phi) is 6.45. The molecule has 1 atom stereocenters. The van der Waals surface area contributed by atoms with Gasteiger partial charge in [0.05, 0.1) is 12.6 Å². The number of amides is 3. The molecular formula is C14H21ClN4O2. The zero-order valence-corrected chi connectivity index (χ0v) is 12.7. The SMILES string of the molecule is CC(NC(=O)CN)c1ccc(NC(=O)NC2CC2)cc1.Cl. The van der Waals surface area contributed by atoms with Crippen molar-refractivity contribution in [1.29, 1.82) is 0 Å². The Morgan fingerprint density at radius 3 is 2.43 bits per heavy atom. The van der Waals surface area contributed by atoms with Crippen LogP contribution in [0.4, 0.5) is 10.5 Å². The maximum Gasteiger partial charge on any atom is 0.319 e. The highest BCUT2D eigenvalue weighted by molar-refractivity contribution is 5.89. The van der Waals surface area contributed by atoms with E-state index in [-0.39, 0.29) is 36.9 Å². The number of rotatable bonds is 5. The van der Waals surface area contributed by atoms with Crippen LogP contribution in [0.1, 0.15) is 31.4 Å². The third-order valence-corrected chi connectivity index (χ3v) is 3.14. The number of urea groups is 1. The van der Waals surface area contributed by atoms with Gasteiger partial charge in [-0.25, -0.2) is 4.79 Å². The predicted octanol–water partition coefficient (Wildman–Crippen LogP) is 1.53. The topological polar surface area (TPSA) is 96.2 Å². The summed E-state index contributed by atoms with van der Waals surface area (Å²) in [5.41, 5.74) is 6.94. The van der Waals surface area contributed by atoms with Gasteiger partial charge in [-0.05, 0) is 37.5 Å². The van der Waals surface area contributed by atoms with E-state index in [1.807, 2.05) is 31.2 Å². The molecule has 1 aliphatic rings. The molecule has 0 heterocycles. The van der Waals surface area contributed by atoms with E-state index in [1.54, 1.807) is 0 Å². The Balaban J connectivity index is 0.00000220. The molecule has 5 N–H and O–H groups in total. The predicted molar refractivity (Wildman–Crippen MR) is 84.5 cm³/mol. The number of nitrogens with two attached hydrogens (primary N) is 1. The first-order chi connectivity index (χ1) is 9.58. The lowest BCUT2D eigenvalue weighted by Gasteiger charge is -2.14. The van der Waals surface area contributed by atoms with E-state index in [4.69, 9.17) is 5.73 Å². The van der Waals surface area contributed by atoms with Gasteiger partial charge in [-0.15, -0.1) is 12.4 Å². The van der Waals surface area contributed by atoms with E-state index in [2.05, 4.69) is 16.0 Å².